The molecule has 0 saturated carbocycles. The van der Waals surface area contributed by atoms with E-state index in [2.05, 4.69) is 10.5 Å². The van der Waals surface area contributed by atoms with Crippen molar-refractivity contribution in [3.63, 3.8) is 0 Å². The van der Waals surface area contributed by atoms with Crippen LogP contribution in [0.4, 0.5) is 8.78 Å². The van der Waals surface area contributed by atoms with E-state index in [9.17, 15) is 18.4 Å². The second-order valence-corrected chi connectivity index (χ2v) is 5.31. The molecule has 0 aliphatic heterocycles. The summed E-state index contributed by atoms with van der Waals surface area (Å²) in [7, 11) is 0. The molecule has 0 aliphatic carbocycles. The van der Waals surface area contributed by atoms with Gasteiger partial charge < -0.3 is 8.98 Å². The number of amides is 1. The summed E-state index contributed by atoms with van der Waals surface area (Å²) in [6, 6.07) is 7.68. The van der Waals surface area contributed by atoms with E-state index in [0.717, 1.165) is 0 Å². The van der Waals surface area contributed by atoms with Crippen molar-refractivity contribution < 1.29 is 18.0 Å². The van der Waals surface area contributed by atoms with Gasteiger partial charge in [-0.25, -0.2) is 5.43 Å². The SMILES string of the molecule is O=C(Cn1ccccc1=O)N/N=C\c1ccc(CSC(F)F)o1. The average molecular weight is 341 g/mol. The van der Waals surface area contributed by atoms with E-state index in [0.29, 0.717) is 23.3 Å². The van der Waals surface area contributed by atoms with E-state index in [1.165, 1.54) is 23.0 Å². The summed E-state index contributed by atoms with van der Waals surface area (Å²) < 4.78 is 30.6. The van der Waals surface area contributed by atoms with Crippen LogP contribution in [0.3, 0.4) is 0 Å². The van der Waals surface area contributed by atoms with E-state index in [1.54, 1.807) is 24.3 Å². The van der Waals surface area contributed by atoms with Gasteiger partial charge in [0.2, 0.25) is 0 Å². The van der Waals surface area contributed by atoms with Gasteiger partial charge in [-0.1, -0.05) is 17.8 Å². The van der Waals surface area contributed by atoms with Crippen LogP contribution < -0.4 is 11.0 Å². The van der Waals surface area contributed by atoms with E-state index >= 15 is 0 Å². The molecule has 0 aromatic carbocycles. The predicted octanol–water partition coefficient (Wildman–Crippen LogP) is 2.05. The van der Waals surface area contributed by atoms with Gasteiger partial charge in [0.25, 0.3) is 17.2 Å². The Bertz CT molecular complexity index is 743. The molecule has 0 spiro atoms. The molecule has 0 bridgehead atoms. The van der Waals surface area contributed by atoms with Gasteiger partial charge in [-0.05, 0) is 18.2 Å². The Morgan fingerprint density at radius 2 is 2.22 bits per heavy atom. The number of thioether (sulfide) groups is 1. The third kappa shape index (κ3) is 5.70. The lowest BCUT2D eigenvalue weighted by molar-refractivity contribution is -0.121. The maximum absolute atomic E-state index is 12.0. The highest BCUT2D eigenvalue weighted by molar-refractivity contribution is 7.98. The van der Waals surface area contributed by atoms with Gasteiger partial charge in [0.1, 0.15) is 18.1 Å². The molecule has 0 saturated heterocycles. The number of aromatic nitrogens is 1. The topological polar surface area (TPSA) is 76.6 Å². The maximum Gasteiger partial charge on any atom is 0.284 e. The molecule has 0 fully saturated rings. The highest BCUT2D eigenvalue weighted by Crippen LogP contribution is 2.20. The average Bonchev–Trinajstić information content (AvgIpc) is 2.95. The number of pyridine rings is 1. The smallest absolute Gasteiger partial charge is 0.284 e. The molecule has 0 radical (unpaired) electrons. The van der Waals surface area contributed by atoms with E-state index in [4.69, 9.17) is 4.42 Å². The number of carbonyl (C=O) groups excluding carboxylic acids is 1. The number of alkyl halides is 2. The fourth-order valence-corrected chi connectivity index (χ4v) is 2.08. The molecule has 2 aromatic rings. The van der Waals surface area contributed by atoms with E-state index in [-0.39, 0.29) is 17.9 Å². The number of carbonyl (C=O) groups is 1. The molecule has 6 nitrogen and oxygen atoms in total. The number of hydrogen-bond acceptors (Lipinski definition) is 5. The van der Waals surface area contributed by atoms with Crippen LogP contribution in [0.2, 0.25) is 0 Å². The lowest BCUT2D eigenvalue weighted by Crippen LogP contribution is -2.28. The number of furan rings is 1. The molecule has 2 rings (SSSR count). The van der Waals surface area contributed by atoms with Gasteiger partial charge in [-0.15, -0.1) is 0 Å². The molecule has 23 heavy (non-hydrogen) atoms. The second kappa shape index (κ2) is 8.28. The van der Waals surface area contributed by atoms with E-state index < -0.39 is 11.7 Å². The number of rotatable bonds is 7. The summed E-state index contributed by atoms with van der Waals surface area (Å²) in [5, 5.41) is 3.69. The van der Waals surface area contributed by atoms with Gasteiger partial charge in [0.05, 0.1) is 12.0 Å². The van der Waals surface area contributed by atoms with Gasteiger partial charge in [-0.3, -0.25) is 9.59 Å². The number of hydrazone groups is 1. The standard InChI is InChI=1S/C14H13F2N3O3S/c15-14(16)23-9-11-5-4-10(22-11)7-17-18-12(20)8-19-6-2-1-3-13(19)21/h1-7,14H,8-9H2,(H,18,20)/b17-7-. The van der Waals surface area contributed by atoms with Crippen LogP contribution in [-0.2, 0) is 17.1 Å². The molecule has 0 aliphatic rings. The summed E-state index contributed by atoms with van der Waals surface area (Å²) in [5.41, 5.74) is 1.96. The Balaban J connectivity index is 1.83. The maximum atomic E-state index is 12.0. The minimum absolute atomic E-state index is 0.0504. The largest absolute Gasteiger partial charge is 0.459 e. The Morgan fingerprint density at radius 3 is 2.96 bits per heavy atom. The molecule has 0 unspecified atom stereocenters. The van der Waals surface area contributed by atoms with Crippen LogP contribution in [0.15, 0.2) is 50.8 Å². The zero-order valence-electron chi connectivity index (χ0n) is 11.8. The van der Waals surface area contributed by atoms with Gasteiger partial charge in [0.15, 0.2) is 0 Å². The summed E-state index contributed by atoms with van der Waals surface area (Å²) >= 11 is 0.455. The number of nitrogens with one attached hydrogen (secondary N) is 1. The van der Waals surface area contributed by atoms with Crippen LogP contribution in [0.1, 0.15) is 11.5 Å². The molecule has 9 heteroatoms. The Kier molecular flexibility index (Phi) is 6.10. The third-order valence-corrected chi connectivity index (χ3v) is 3.33. The monoisotopic (exact) mass is 341 g/mol. The highest BCUT2D eigenvalue weighted by atomic mass is 32.2. The van der Waals surface area contributed by atoms with Crippen molar-refractivity contribution in [3.8, 4) is 0 Å². The lowest BCUT2D eigenvalue weighted by atomic mass is 10.4. The molecule has 2 aromatic heterocycles. The molecular formula is C14H13F2N3O3S. The third-order valence-electron chi connectivity index (χ3n) is 2.63. The number of nitrogens with zero attached hydrogens (tertiary/aromatic N) is 2. The fourth-order valence-electron chi connectivity index (χ4n) is 1.64. The number of halogens is 2. The molecule has 1 amide bonds. The Hall–Kier alpha value is -2.42. The summed E-state index contributed by atoms with van der Waals surface area (Å²) in [5.74, 6) is -2.17. The minimum Gasteiger partial charge on any atom is -0.459 e. The van der Waals surface area contributed by atoms with Crippen molar-refractivity contribution in [1.82, 2.24) is 9.99 Å². The van der Waals surface area contributed by atoms with Crippen molar-refractivity contribution in [2.45, 2.75) is 18.1 Å². The Labute approximate surface area is 134 Å². The van der Waals surface area contributed by atoms with E-state index in [1.807, 2.05) is 0 Å². The molecule has 122 valence electrons. The first-order valence-electron chi connectivity index (χ1n) is 6.50. The predicted molar refractivity (Wildman–Crippen MR) is 82.4 cm³/mol. The van der Waals surface area contributed by atoms with Crippen molar-refractivity contribution in [2.75, 3.05) is 0 Å². The fraction of sp³-hybridized carbons (Fsp3) is 0.214. The second-order valence-electron chi connectivity index (χ2n) is 4.34. The number of hydrogen-bond donors (Lipinski definition) is 1. The molecule has 1 N–H and O–H groups in total. The van der Waals surface area contributed by atoms with Crippen molar-refractivity contribution in [2.24, 2.45) is 5.10 Å². The van der Waals surface area contributed by atoms with Crippen LogP contribution in [-0.4, -0.2) is 22.4 Å². The summed E-state index contributed by atoms with van der Waals surface area (Å²) in [4.78, 5) is 23.1. The van der Waals surface area contributed by atoms with Crippen molar-refractivity contribution in [3.05, 3.63) is 58.4 Å². The quantitative estimate of drug-likeness (QED) is 0.618. The van der Waals surface area contributed by atoms with Crippen LogP contribution >= 0.6 is 11.8 Å². The van der Waals surface area contributed by atoms with Crippen LogP contribution in [0.25, 0.3) is 0 Å². The highest BCUT2D eigenvalue weighted by Gasteiger charge is 2.06. The molecule has 2 heterocycles. The lowest BCUT2D eigenvalue weighted by Gasteiger charge is -2.02. The van der Waals surface area contributed by atoms with Crippen molar-refractivity contribution >= 4 is 23.9 Å². The van der Waals surface area contributed by atoms with Gasteiger partial charge >= 0.3 is 0 Å². The molecule has 0 atom stereocenters. The zero-order valence-corrected chi connectivity index (χ0v) is 12.6. The molecular weight excluding hydrogens is 328 g/mol. The first kappa shape index (κ1) is 16.9. The zero-order chi connectivity index (χ0) is 16.7. The van der Waals surface area contributed by atoms with Gasteiger partial charge in [0, 0.05) is 12.3 Å². The van der Waals surface area contributed by atoms with Gasteiger partial charge in [-0.2, -0.15) is 13.9 Å². The first-order chi connectivity index (χ1) is 11.0. The minimum atomic E-state index is -2.46. The van der Waals surface area contributed by atoms with Crippen molar-refractivity contribution in [1.29, 1.82) is 0 Å². The summed E-state index contributed by atoms with van der Waals surface area (Å²) in [6.07, 6.45) is 2.74. The summed E-state index contributed by atoms with van der Waals surface area (Å²) in [6.45, 7) is -0.161. The first-order valence-corrected chi connectivity index (χ1v) is 7.55. The Morgan fingerprint density at radius 1 is 1.39 bits per heavy atom. The normalized spacial score (nSPS) is 11.3. The van der Waals surface area contributed by atoms with Crippen LogP contribution in [0, 0.1) is 0 Å². The van der Waals surface area contributed by atoms with Crippen LogP contribution in [0.5, 0.6) is 0 Å².